The molecule has 0 aliphatic carbocycles. The number of fused-ring (bicyclic) bond motifs is 1. The number of nitrogens with one attached hydrogen (secondary N) is 1. The van der Waals surface area contributed by atoms with Crippen LogP contribution >= 0.6 is 0 Å². The van der Waals surface area contributed by atoms with Crippen LogP contribution in [0.25, 0.3) is 10.8 Å². The first kappa shape index (κ1) is 16.0. The smallest absolute Gasteiger partial charge is 0.326 e. The van der Waals surface area contributed by atoms with E-state index in [-0.39, 0.29) is 11.7 Å². The molecule has 1 aromatic heterocycles. The lowest BCUT2D eigenvalue weighted by Crippen LogP contribution is -2.35. The molecule has 2 atom stereocenters. The van der Waals surface area contributed by atoms with Gasteiger partial charge in [-0.1, -0.05) is 20.3 Å². The van der Waals surface area contributed by atoms with Crippen molar-refractivity contribution in [1.82, 2.24) is 4.98 Å². The summed E-state index contributed by atoms with van der Waals surface area (Å²) in [6, 6.07) is 3.81. The fourth-order valence-electron chi connectivity index (χ4n) is 2.28. The second-order valence-electron chi connectivity index (χ2n) is 5.21. The second-order valence-corrected chi connectivity index (χ2v) is 5.21. The summed E-state index contributed by atoms with van der Waals surface area (Å²) < 4.78 is 18.9. The van der Waals surface area contributed by atoms with Gasteiger partial charge in [0.2, 0.25) is 0 Å². The Hall–Kier alpha value is -2.37. The molecule has 0 radical (unpaired) electrons. The number of aliphatic carboxylic acids is 1. The van der Waals surface area contributed by atoms with Crippen molar-refractivity contribution in [1.29, 1.82) is 0 Å². The number of hydrogen-bond donors (Lipinski definition) is 2. The van der Waals surface area contributed by atoms with E-state index in [2.05, 4.69) is 10.3 Å². The lowest BCUT2D eigenvalue weighted by molar-refractivity contribution is -0.139. The van der Waals surface area contributed by atoms with Gasteiger partial charge >= 0.3 is 5.97 Å². The van der Waals surface area contributed by atoms with Crippen LogP contribution in [-0.4, -0.2) is 29.2 Å². The van der Waals surface area contributed by atoms with Gasteiger partial charge in [0.1, 0.15) is 11.9 Å². The molecule has 2 rings (SSSR count). The molecule has 1 heterocycles. The fourth-order valence-corrected chi connectivity index (χ4v) is 2.28. The van der Waals surface area contributed by atoms with Crippen molar-refractivity contribution >= 4 is 22.6 Å². The van der Waals surface area contributed by atoms with Crippen LogP contribution in [-0.2, 0) is 4.79 Å². The molecular weight excluding hydrogens is 287 g/mol. The SMILES string of the molecule is CC[C@H](C)[C@H](Nc1nccc2cc(OC)c(F)cc12)C(=O)O. The van der Waals surface area contributed by atoms with Crippen LogP contribution in [0, 0.1) is 11.7 Å². The molecule has 2 N–H and O–H groups in total. The standard InChI is InChI=1S/C16H19FN2O3/c1-4-9(2)14(16(20)21)19-15-11-8-12(17)13(22-3)7-10(11)5-6-18-15/h5-9,14H,4H2,1-3H3,(H,18,19)(H,20,21)/t9-,14-/m0/s1. The number of benzene rings is 1. The third kappa shape index (κ3) is 3.10. The molecule has 0 saturated carbocycles. The quantitative estimate of drug-likeness (QED) is 0.857. The molecule has 22 heavy (non-hydrogen) atoms. The number of methoxy groups -OCH3 is 1. The Morgan fingerprint density at radius 3 is 2.82 bits per heavy atom. The zero-order valence-electron chi connectivity index (χ0n) is 12.8. The van der Waals surface area contributed by atoms with Crippen LogP contribution in [0.3, 0.4) is 0 Å². The first-order valence-electron chi connectivity index (χ1n) is 7.09. The van der Waals surface area contributed by atoms with Gasteiger partial charge in [-0.2, -0.15) is 0 Å². The van der Waals surface area contributed by atoms with Gasteiger partial charge in [-0.3, -0.25) is 0 Å². The van der Waals surface area contributed by atoms with Crippen molar-refractivity contribution in [3.8, 4) is 5.75 Å². The summed E-state index contributed by atoms with van der Waals surface area (Å²) in [7, 11) is 1.40. The van der Waals surface area contributed by atoms with Crippen LogP contribution in [0.15, 0.2) is 24.4 Å². The number of anilines is 1. The van der Waals surface area contributed by atoms with Crippen molar-refractivity contribution in [2.75, 3.05) is 12.4 Å². The molecule has 6 heteroatoms. The van der Waals surface area contributed by atoms with Crippen molar-refractivity contribution < 1.29 is 19.0 Å². The Kier molecular flexibility index (Phi) is 4.80. The highest BCUT2D eigenvalue weighted by atomic mass is 19.1. The number of ether oxygens (including phenoxy) is 1. The van der Waals surface area contributed by atoms with Crippen molar-refractivity contribution in [2.24, 2.45) is 5.92 Å². The number of nitrogens with zero attached hydrogens (tertiary/aromatic N) is 1. The summed E-state index contributed by atoms with van der Waals surface area (Å²) >= 11 is 0. The van der Waals surface area contributed by atoms with Gasteiger partial charge < -0.3 is 15.2 Å². The first-order valence-corrected chi connectivity index (χ1v) is 7.09. The Morgan fingerprint density at radius 2 is 2.23 bits per heavy atom. The average molecular weight is 306 g/mol. The molecule has 0 amide bonds. The van der Waals surface area contributed by atoms with Gasteiger partial charge in [0.05, 0.1) is 7.11 Å². The predicted molar refractivity (Wildman–Crippen MR) is 82.8 cm³/mol. The van der Waals surface area contributed by atoms with Gasteiger partial charge in [-0.25, -0.2) is 14.2 Å². The van der Waals surface area contributed by atoms with Gasteiger partial charge in [0.25, 0.3) is 0 Å². The van der Waals surface area contributed by atoms with Crippen LogP contribution in [0.1, 0.15) is 20.3 Å². The Labute approximate surface area is 128 Å². The van der Waals surface area contributed by atoms with E-state index in [4.69, 9.17) is 4.74 Å². The zero-order valence-corrected chi connectivity index (χ0v) is 12.8. The van der Waals surface area contributed by atoms with E-state index >= 15 is 0 Å². The van der Waals surface area contributed by atoms with E-state index in [1.54, 1.807) is 18.3 Å². The second kappa shape index (κ2) is 6.60. The van der Waals surface area contributed by atoms with Gasteiger partial charge in [-0.15, -0.1) is 0 Å². The normalized spacial score (nSPS) is 13.6. The van der Waals surface area contributed by atoms with E-state index in [1.165, 1.54) is 13.2 Å². The molecule has 0 fully saturated rings. The molecule has 0 aliphatic heterocycles. The molecule has 0 saturated heterocycles. The summed E-state index contributed by atoms with van der Waals surface area (Å²) in [5.74, 6) is -1.06. The molecule has 1 aromatic carbocycles. The minimum atomic E-state index is -0.956. The third-order valence-corrected chi connectivity index (χ3v) is 3.81. The molecule has 0 unspecified atom stereocenters. The molecule has 2 aromatic rings. The maximum absolute atomic E-state index is 13.9. The lowest BCUT2D eigenvalue weighted by atomic mass is 9.99. The highest BCUT2D eigenvalue weighted by Gasteiger charge is 2.24. The van der Waals surface area contributed by atoms with E-state index in [1.807, 2.05) is 13.8 Å². The maximum Gasteiger partial charge on any atom is 0.326 e. The topological polar surface area (TPSA) is 71.5 Å². The number of pyridine rings is 1. The van der Waals surface area contributed by atoms with Crippen molar-refractivity contribution in [3.63, 3.8) is 0 Å². The average Bonchev–Trinajstić information content (AvgIpc) is 2.51. The number of aromatic nitrogens is 1. The van der Waals surface area contributed by atoms with Crippen molar-refractivity contribution in [2.45, 2.75) is 26.3 Å². The largest absolute Gasteiger partial charge is 0.494 e. The molecule has 0 bridgehead atoms. The van der Waals surface area contributed by atoms with Crippen LogP contribution in [0.2, 0.25) is 0 Å². The van der Waals surface area contributed by atoms with Crippen LogP contribution in [0.4, 0.5) is 10.2 Å². The Bertz CT molecular complexity index is 690. The number of carboxylic acid groups (broad SMARTS) is 1. The first-order chi connectivity index (χ1) is 10.5. The monoisotopic (exact) mass is 306 g/mol. The number of carbonyl (C=O) groups is 1. The summed E-state index contributed by atoms with van der Waals surface area (Å²) in [4.78, 5) is 15.6. The zero-order chi connectivity index (χ0) is 16.3. The molecule has 0 aliphatic rings. The molecule has 118 valence electrons. The molecular formula is C16H19FN2O3. The molecule has 5 nitrogen and oxygen atoms in total. The van der Waals surface area contributed by atoms with Crippen molar-refractivity contribution in [3.05, 3.63) is 30.2 Å². The predicted octanol–water partition coefficient (Wildman–Crippen LogP) is 3.29. The van der Waals surface area contributed by atoms with Gasteiger partial charge in [-0.05, 0) is 29.5 Å². The van der Waals surface area contributed by atoms with E-state index in [9.17, 15) is 14.3 Å². The highest BCUT2D eigenvalue weighted by molar-refractivity contribution is 5.94. The summed E-state index contributed by atoms with van der Waals surface area (Å²) in [5, 5.41) is 13.5. The van der Waals surface area contributed by atoms with E-state index < -0.39 is 17.8 Å². The van der Waals surface area contributed by atoms with E-state index in [0.29, 0.717) is 17.6 Å². The number of hydrogen-bond acceptors (Lipinski definition) is 4. The Morgan fingerprint density at radius 1 is 1.50 bits per heavy atom. The number of carboxylic acids is 1. The number of rotatable bonds is 6. The third-order valence-electron chi connectivity index (χ3n) is 3.81. The lowest BCUT2D eigenvalue weighted by Gasteiger charge is -2.21. The summed E-state index contributed by atoms with van der Waals surface area (Å²) in [6.45, 7) is 3.77. The van der Waals surface area contributed by atoms with Gasteiger partial charge in [0.15, 0.2) is 11.6 Å². The molecule has 0 spiro atoms. The highest BCUT2D eigenvalue weighted by Crippen LogP contribution is 2.29. The maximum atomic E-state index is 13.9. The Balaban J connectivity index is 2.47. The fraction of sp³-hybridized carbons (Fsp3) is 0.375. The minimum Gasteiger partial charge on any atom is -0.494 e. The number of halogens is 1. The summed E-state index contributed by atoms with van der Waals surface area (Å²) in [6.07, 6.45) is 2.26. The minimum absolute atomic E-state index is 0.0855. The van der Waals surface area contributed by atoms with E-state index in [0.717, 1.165) is 5.39 Å². The summed E-state index contributed by atoms with van der Waals surface area (Å²) in [5.41, 5.74) is 0. The van der Waals surface area contributed by atoms with Crippen LogP contribution in [0.5, 0.6) is 5.75 Å². The van der Waals surface area contributed by atoms with Gasteiger partial charge in [0, 0.05) is 11.6 Å². The van der Waals surface area contributed by atoms with Crippen LogP contribution < -0.4 is 10.1 Å².